The molecule has 0 aliphatic carbocycles. The Morgan fingerprint density at radius 2 is 1.85 bits per heavy atom. The average Bonchev–Trinajstić information content (AvgIpc) is 2.81. The van der Waals surface area contributed by atoms with Gasteiger partial charge in [-0.05, 0) is 49.1 Å². The van der Waals surface area contributed by atoms with Gasteiger partial charge < -0.3 is 15.5 Å². The molecule has 1 atom stereocenters. The zero-order valence-electron chi connectivity index (χ0n) is 19.3. The molecule has 0 spiro atoms. The predicted molar refractivity (Wildman–Crippen MR) is 135 cm³/mol. The van der Waals surface area contributed by atoms with Gasteiger partial charge in [-0.3, -0.25) is 9.69 Å². The van der Waals surface area contributed by atoms with Gasteiger partial charge in [-0.25, -0.2) is 0 Å². The van der Waals surface area contributed by atoms with E-state index in [1.807, 2.05) is 29.2 Å². The van der Waals surface area contributed by atoms with Crippen molar-refractivity contribution in [2.24, 2.45) is 0 Å². The lowest BCUT2D eigenvalue weighted by Gasteiger charge is -2.33. The molecule has 2 aliphatic rings. The van der Waals surface area contributed by atoms with Gasteiger partial charge in [-0.2, -0.15) is 5.26 Å². The lowest BCUT2D eigenvalue weighted by atomic mass is 10.0. The minimum atomic E-state index is 0. The molecule has 1 amide bonds. The van der Waals surface area contributed by atoms with Crippen LogP contribution in [0.2, 0.25) is 0 Å². The van der Waals surface area contributed by atoms with Crippen LogP contribution in [0.25, 0.3) is 0 Å². The van der Waals surface area contributed by atoms with E-state index in [-0.39, 0.29) is 18.3 Å². The number of benzene rings is 2. The van der Waals surface area contributed by atoms with Crippen molar-refractivity contribution in [3.8, 4) is 6.07 Å². The van der Waals surface area contributed by atoms with Crippen molar-refractivity contribution in [1.82, 2.24) is 15.1 Å². The van der Waals surface area contributed by atoms with Crippen LogP contribution < -0.4 is 10.6 Å². The molecule has 2 saturated heterocycles. The Labute approximate surface area is 203 Å². The molecule has 0 unspecified atom stereocenters. The molecule has 4 rings (SSSR count). The number of nitrogens with one attached hydrogen (secondary N) is 2. The number of carbonyl (C=O) groups is 1. The van der Waals surface area contributed by atoms with E-state index in [9.17, 15) is 4.79 Å². The summed E-state index contributed by atoms with van der Waals surface area (Å²) in [4.78, 5) is 17.3. The maximum Gasteiger partial charge on any atom is 0.226 e. The van der Waals surface area contributed by atoms with E-state index in [0.717, 1.165) is 63.4 Å². The molecule has 0 aromatic heterocycles. The van der Waals surface area contributed by atoms with Crippen LogP contribution in [0.15, 0.2) is 48.5 Å². The number of halogens is 1. The van der Waals surface area contributed by atoms with Crippen LogP contribution in [0.3, 0.4) is 0 Å². The Balaban J connectivity index is 0.00000306. The van der Waals surface area contributed by atoms with Crippen molar-refractivity contribution < 1.29 is 4.79 Å². The second kappa shape index (κ2) is 12.0. The largest absolute Gasteiger partial charge is 0.382 e. The van der Waals surface area contributed by atoms with E-state index >= 15 is 0 Å². The zero-order valence-corrected chi connectivity index (χ0v) is 20.1. The molecule has 6 nitrogen and oxygen atoms in total. The quantitative estimate of drug-likeness (QED) is 0.681. The van der Waals surface area contributed by atoms with Gasteiger partial charge in [0, 0.05) is 57.0 Å². The zero-order chi connectivity index (χ0) is 22.3. The number of carbonyl (C=O) groups excluding carboxylic acids is 1. The highest BCUT2D eigenvalue weighted by molar-refractivity contribution is 5.85. The number of anilines is 1. The monoisotopic (exact) mass is 467 g/mol. The van der Waals surface area contributed by atoms with Gasteiger partial charge in [0.15, 0.2) is 0 Å². The fourth-order valence-electron chi connectivity index (χ4n) is 4.65. The summed E-state index contributed by atoms with van der Waals surface area (Å²) in [5.41, 5.74) is 4.03. The number of amides is 1. The summed E-state index contributed by atoms with van der Waals surface area (Å²) in [6.07, 6.45) is 2.31. The van der Waals surface area contributed by atoms with Crippen LogP contribution >= 0.6 is 12.4 Å². The minimum Gasteiger partial charge on any atom is -0.382 e. The number of nitrogens with zero attached hydrogens (tertiary/aromatic N) is 3. The number of rotatable bonds is 6. The van der Waals surface area contributed by atoms with Gasteiger partial charge in [0.05, 0.1) is 18.1 Å². The van der Waals surface area contributed by atoms with Crippen molar-refractivity contribution >= 4 is 24.0 Å². The first-order valence-electron chi connectivity index (χ1n) is 11.7. The minimum absolute atomic E-state index is 0. The summed E-state index contributed by atoms with van der Waals surface area (Å²) in [6, 6.07) is 19.2. The van der Waals surface area contributed by atoms with Gasteiger partial charge in [-0.1, -0.05) is 30.3 Å². The highest BCUT2D eigenvalue weighted by atomic mass is 35.5. The predicted octanol–water partition coefficient (Wildman–Crippen LogP) is 3.42. The molecular formula is C26H34ClN5O. The fourth-order valence-corrected chi connectivity index (χ4v) is 4.65. The normalized spacial score (nSPS) is 19.4. The Kier molecular flexibility index (Phi) is 9.13. The van der Waals surface area contributed by atoms with Crippen molar-refractivity contribution in [2.75, 3.05) is 38.0 Å². The first-order valence-corrected chi connectivity index (χ1v) is 11.7. The molecule has 2 aromatic carbocycles. The molecule has 0 radical (unpaired) electrons. The SMILES string of the molecule is C[C@H]1CN(Cc2ccc(CC(=O)N3CCC(Nc4cccc(C#N)c4)CC3)cc2)CCN1.Cl. The van der Waals surface area contributed by atoms with Crippen molar-refractivity contribution in [3.63, 3.8) is 0 Å². The van der Waals surface area contributed by atoms with E-state index in [2.05, 4.69) is 52.8 Å². The second-order valence-electron chi connectivity index (χ2n) is 9.08. The first-order chi connectivity index (χ1) is 15.6. The summed E-state index contributed by atoms with van der Waals surface area (Å²) in [5.74, 6) is 0.207. The summed E-state index contributed by atoms with van der Waals surface area (Å²) < 4.78 is 0. The maximum absolute atomic E-state index is 12.8. The third-order valence-corrected chi connectivity index (χ3v) is 6.45. The Bertz CT molecular complexity index is 950. The smallest absolute Gasteiger partial charge is 0.226 e. The van der Waals surface area contributed by atoms with Crippen molar-refractivity contribution in [3.05, 3.63) is 65.2 Å². The van der Waals surface area contributed by atoms with E-state index in [1.165, 1.54) is 5.56 Å². The van der Waals surface area contributed by atoms with Crippen molar-refractivity contribution in [1.29, 1.82) is 5.26 Å². The average molecular weight is 468 g/mol. The second-order valence-corrected chi connectivity index (χ2v) is 9.08. The number of hydrogen-bond acceptors (Lipinski definition) is 5. The van der Waals surface area contributed by atoms with Crippen LogP contribution in [-0.4, -0.2) is 60.5 Å². The Morgan fingerprint density at radius 3 is 2.55 bits per heavy atom. The van der Waals surface area contributed by atoms with E-state index in [4.69, 9.17) is 5.26 Å². The van der Waals surface area contributed by atoms with E-state index in [1.54, 1.807) is 0 Å². The van der Waals surface area contributed by atoms with Crippen LogP contribution in [0.4, 0.5) is 5.69 Å². The third kappa shape index (κ3) is 7.20. The first kappa shape index (κ1) is 25.0. The maximum atomic E-state index is 12.8. The summed E-state index contributed by atoms with van der Waals surface area (Å²) in [7, 11) is 0. The highest BCUT2D eigenvalue weighted by Crippen LogP contribution is 2.19. The van der Waals surface area contributed by atoms with Crippen molar-refractivity contribution in [2.45, 2.75) is 44.8 Å². The van der Waals surface area contributed by atoms with Crippen LogP contribution in [-0.2, 0) is 17.8 Å². The number of piperazine rings is 1. The van der Waals surface area contributed by atoms with Crippen LogP contribution in [0.1, 0.15) is 36.5 Å². The lowest BCUT2D eigenvalue weighted by molar-refractivity contribution is -0.131. The summed E-state index contributed by atoms with van der Waals surface area (Å²) >= 11 is 0. The number of likely N-dealkylation sites (tertiary alicyclic amines) is 1. The molecule has 2 aliphatic heterocycles. The standard InChI is InChI=1S/C26H33N5O.ClH/c1-20-18-30(14-11-28-20)19-22-7-5-21(6-8-22)16-26(32)31-12-9-24(10-13-31)29-25-4-2-3-23(15-25)17-27;/h2-8,15,20,24,28-29H,9-14,16,18-19H2,1H3;1H/t20-;/m0./s1. The number of hydrogen-bond donors (Lipinski definition) is 2. The van der Waals surface area contributed by atoms with Gasteiger partial charge in [0.25, 0.3) is 0 Å². The van der Waals surface area contributed by atoms with Crippen LogP contribution in [0, 0.1) is 11.3 Å². The number of piperidine rings is 1. The molecule has 2 aromatic rings. The molecule has 0 bridgehead atoms. The van der Waals surface area contributed by atoms with Gasteiger partial charge in [0.2, 0.25) is 5.91 Å². The van der Waals surface area contributed by atoms with Crippen LogP contribution in [0.5, 0.6) is 0 Å². The molecule has 2 N–H and O–H groups in total. The summed E-state index contributed by atoms with van der Waals surface area (Å²) in [6.45, 7) is 7.95. The van der Waals surface area contributed by atoms with Gasteiger partial charge in [0.1, 0.15) is 0 Å². The lowest BCUT2D eigenvalue weighted by Crippen LogP contribution is -2.48. The number of nitriles is 1. The molecular weight excluding hydrogens is 434 g/mol. The van der Waals surface area contributed by atoms with Gasteiger partial charge >= 0.3 is 0 Å². The summed E-state index contributed by atoms with van der Waals surface area (Å²) in [5, 5.41) is 16.0. The molecule has 33 heavy (non-hydrogen) atoms. The Hall–Kier alpha value is -2.59. The molecule has 0 saturated carbocycles. The highest BCUT2D eigenvalue weighted by Gasteiger charge is 2.23. The van der Waals surface area contributed by atoms with Gasteiger partial charge in [-0.15, -0.1) is 12.4 Å². The molecule has 176 valence electrons. The topological polar surface area (TPSA) is 71.4 Å². The molecule has 7 heteroatoms. The Morgan fingerprint density at radius 1 is 1.12 bits per heavy atom. The van der Waals surface area contributed by atoms with E-state index in [0.29, 0.717) is 24.1 Å². The molecule has 2 fully saturated rings. The third-order valence-electron chi connectivity index (χ3n) is 6.45. The van der Waals surface area contributed by atoms with E-state index < -0.39 is 0 Å². The molecule has 2 heterocycles. The fraction of sp³-hybridized carbons (Fsp3) is 0.462.